The van der Waals surface area contributed by atoms with Crippen LogP contribution in [0.3, 0.4) is 0 Å². The van der Waals surface area contributed by atoms with Crippen LogP contribution in [0.5, 0.6) is 5.75 Å². The summed E-state index contributed by atoms with van der Waals surface area (Å²) < 4.78 is 5.28. The maximum Gasteiger partial charge on any atom is 0.121 e. The molecule has 0 aliphatic rings. The number of nitrogens with two attached hydrogens (primary N) is 1. The number of methoxy groups -OCH3 is 1. The van der Waals surface area contributed by atoms with E-state index in [1.54, 1.807) is 7.11 Å². The normalized spacial score (nSPS) is 12.3. The lowest BCUT2D eigenvalue weighted by Crippen LogP contribution is -2.13. The molecule has 2 N–H and O–H groups in total. The first-order valence-corrected chi connectivity index (χ1v) is 6.50. The third kappa shape index (κ3) is 2.79. The topological polar surface area (TPSA) is 35.2 Å². The van der Waals surface area contributed by atoms with Gasteiger partial charge in [-0.1, -0.05) is 35.9 Å². The van der Waals surface area contributed by atoms with Crippen molar-refractivity contribution in [3.05, 3.63) is 64.2 Å². The Bertz CT molecular complexity index is 590. The number of rotatable bonds is 3. The summed E-state index contributed by atoms with van der Waals surface area (Å²) in [5, 5.41) is 0. The first-order valence-electron chi connectivity index (χ1n) is 6.50. The second-order valence-corrected chi connectivity index (χ2v) is 5.07. The highest BCUT2D eigenvalue weighted by atomic mass is 16.5. The van der Waals surface area contributed by atoms with Gasteiger partial charge in [0, 0.05) is 0 Å². The molecule has 1 atom stereocenters. The minimum atomic E-state index is -0.0924. The van der Waals surface area contributed by atoms with E-state index in [-0.39, 0.29) is 6.04 Å². The highest BCUT2D eigenvalue weighted by Gasteiger charge is 2.12. The van der Waals surface area contributed by atoms with Gasteiger partial charge in [0.1, 0.15) is 5.75 Å². The van der Waals surface area contributed by atoms with E-state index < -0.39 is 0 Å². The third-order valence-corrected chi connectivity index (χ3v) is 3.54. The lowest BCUT2D eigenvalue weighted by Gasteiger charge is -2.17. The van der Waals surface area contributed by atoms with Crippen molar-refractivity contribution < 1.29 is 4.74 Å². The maximum atomic E-state index is 6.39. The summed E-state index contributed by atoms with van der Waals surface area (Å²) in [6.07, 6.45) is 0. The zero-order chi connectivity index (χ0) is 14.0. The van der Waals surface area contributed by atoms with Gasteiger partial charge in [-0.3, -0.25) is 0 Å². The van der Waals surface area contributed by atoms with E-state index in [0.717, 1.165) is 16.9 Å². The number of hydrogen-bond acceptors (Lipinski definition) is 2. The zero-order valence-electron chi connectivity index (χ0n) is 12.0. The fraction of sp³-hybridized carbons (Fsp3) is 0.294. The number of aryl methyl sites for hydroxylation is 3. The lowest BCUT2D eigenvalue weighted by atomic mass is 9.93. The maximum absolute atomic E-state index is 6.39. The summed E-state index contributed by atoms with van der Waals surface area (Å²) in [5.74, 6) is 0.900. The molecule has 2 heteroatoms. The summed E-state index contributed by atoms with van der Waals surface area (Å²) in [5.41, 5.74) is 12.3. The number of ether oxygens (including phenoxy) is 1. The van der Waals surface area contributed by atoms with Crippen LogP contribution in [0.2, 0.25) is 0 Å². The summed E-state index contributed by atoms with van der Waals surface area (Å²) in [6, 6.07) is 12.4. The van der Waals surface area contributed by atoms with Gasteiger partial charge in [0.2, 0.25) is 0 Å². The molecule has 0 heterocycles. The van der Waals surface area contributed by atoms with Crippen LogP contribution in [-0.2, 0) is 0 Å². The molecular formula is C17H21NO. The average Bonchev–Trinajstić information content (AvgIpc) is 2.38. The average molecular weight is 255 g/mol. The van der Waals surface area contributed by atoms with E-state index in [1.165, 1.54) is 16.7 Å². The largest absolute Gasteiger partial charge is 0.496 e. The molecule has 0 spiro atoms. The van der Waals surface area contributed by atoms with Gasteiger partial charge in [-0.05, 0) is 49.1 Å². The van der Waals surface area contributed by atoms with Gasteiger partial charge < -0.3 is 10.5 Å². The Labute approximate surface area is 115 Å². The minimum Gasteiger partial charge on any atom is -0.496 e. The van der Waals surface area contributed by atoms with Crippen LogP contribution in [0.25, 0.3) is 0 Å². The van der Waals surface area contributed by atoms with Crippen molar-refractivity contribution >= 4 is 0 Å². The molecule has 0 radical (unpaired) electrons. The molecule has 100 valence electrons. The monoisotopic (exact) mass is 255 g/mol. The van der Waals surface area contributed by atoms with E-state index in [4.69, 9.17) is 10.5 Å². The van der Waals surface area contributed by atoms with Gasteiger partial charge in [0.05, 0.1) is 13.2 Å². The Balaban J connectivity index is 2.38. The van der Waals surface area contributed by atoms with Gasteiger partial charge in [0.25, 0.3) is 0 Å². The van der Waals surface area contributed by atoms with Crippen LogP contribution in [0.1, 0.15) is 33.9 Å². The highest BCUT2D eigenvalue weighted by molar-refractivity contribution is 5.43. The first kappa shape index (κ1) is 13.6. The molecule has 0 aromatic heterocycles. The fourth-order valence-electron chi connectivity index (χ4n) is 2.45. The molecule has 2 aromatic rings. The lowest BCUT2D eigenvalue weighted by molar-refractivity contribution is 0.411. The predicted octanol–water partition coefficient (Wildman–Crippen LogP) is 3.67. The van der Waals surface area contributed by atoms with Gasteiger partial charge in [0.15, 0.2) is 0 Å². The summed E-state index contributed by atoms with van der Waals surface area (Å²) in [7, 11) is 1.69. The Morgan fingerprint density at radius 2 is 1.68 bits per heavy atom. The minimum absolute atomic E-state index is 0.0924. The van der Waals surface area contributed by atoms with Crippen LogP contribution in [0, 0.1) is 20.8 Å². The van der Waals surface area contributed by atoms with Crippen molar-refractivity contribution in [3.63, 3.8) is 0 Å². The third-order valence-electron chi connectivity index (χ3n) is 3.54. The van der Waals surface area contributed by atoms with Crippen LogP contribution < -0.4 is 10.5 Å². The molecule has 0 aliphatic carbocycles. The zero-order valence-corrected chi connectivity index (χ0v) is 12.0. The predicted molar refractivity (Wildman–Crippen MR) is 79.7 cm³/mol. The highest BCUT2D eigenvalue weighted by Crippen LogP contribution is 2.27. The standard InChI is InChI=1S/C17H21NO/c1-11-5-7-15(12(2)9-11)17(18)14-6-8-16(19-4)13(3)10-14/h5-10,17H,18H2,1-4H3. The van der Waals surface area contributed by atoms with Crippen LogP contribution in [0.15, 0.2) is 36.4 Å². The Hall–Kier alpha value is -1.80. The quantitative estimate of drug-likeness (QED) is 0.908. The van der Waals surface area contributed by atoms with E-state index >= 15 is 0 Å². The van der Waals surface area contributed by atoms with Gasteiger partial charge in [-0.25, -0.2) is 0 Å². The molecule has 0 bridgehead atoms. The molecule has 0 amide bonds. The van der Waals surface area contributed by atoms with Crippen molar-refractivity contribution in [2.45, 2.75) is 26.8 Å². The number of hydrogen-bond donors (Lipinski definition) is 1. The molecule has 0 saturated heterocycles. The molecule has 2 rings (SSSR count). The molecule has 0 saturated carbocycles. The van der Waals surface area contributed by atoms with Gasteiger partial charge in [-0.2, -0.15) is 0 Å². The van der Waals surface area contributed by atoms with Crippen molar-refractivity contribution in [3.8, 4) is 5.75 Å². The summed E-state index contributed by atoms with van der Waals surface area (Å²) in [6.45, 7) is 6.25. The number of benzene rings is 2. The van der Waals surface area contributed by atoms with Crippen molar-refractivity contribution in [2.75, 3.05) is 7.11 Å². The molecule has 0 aliphatic heterocycles. The SMILES string of the molecule is COc1ccc(C(N)c2ccc(C)cc2C)cc1C. The van der Waals surface area contributed by atoms with E-state index in [2.05, 4.69) is 38.1 Å². The molecule has 2 aromatic carbocycles. The Morgan fingerprint density at radius 3 is 2.26 bits per heavy atom. The van der Waals surface area contributed by atoms with E-state index in [0.29, 0.717) is 0 Å². The second-order valence-electron chi connectivity index (χ2n) is 5.07. The van der Waals surface area contributed by atoms with Crippen molar-refractivity contribution in [1.82, 2.24) is 0 Å². The smallest absolute Gasteiger partial charge is 0.121 e. The molecule has 19 heavy (non-hydrogen) atoms. The van der Waals surface area contributed by atoms with Crippen LogP contribution >= 0.6 is 0 Å². The Morgan fingerprint density at radius 1 is 0.947 bits per heavy atom. The van der Waals surface area contributed by atoms with E-state index in [9.17, 15) is 0 Å². The summed E-state index contributed by atoms with van der Waals surface area (Å²) >= 11 is 0. The van der Waals surface area contributed by atoms with Crippen molar-refractivity contribution in [2.24, 2.45) is 5.73 Å². The van der Waals surface area contributed by atoms with Crippen LogP contribution in [-0.4, -0.2) is 7.11 Å². The fourth-order valence-corrected chi connectivity index (χ4v) is 2.45. The van der Waals surface area contributed by atoms with E-state index in [1.807, 2.05) is 19.1 Å². The first-order chi connectivity index (χ1) is 9.02. The summed E-state index contributed by atoms with van der Waals surface area (Å²) in [4.78, 5) is 0. The second kappa shape index (κ2) is 5.45. The van der Waals surface area contributed by atoms with Crippen molar-refractivity contribution in [1.29, 1.82) is 0 Å². The molecular weight excluding hydrogens is 234 g/mol. The Kier molecular flexibility index (Phi) is 3.91. The van der Waals surface area contributed by atoms with Gasteiger partial charge >= 0.3 is 0 Å². The molecule has 0 fully saturated rings. The van der Waals surface area contributed by atoms with Gasteiger partial charge in [-0.15, -0.1) is 0 Å². The molecule has 1 unspecified atom stereocenters. The molecule has 2 nitrogen and oxygen atoms in total. The van der Waals surface area contributed by atoms with Crippen LogP contribution in [0.4, 0.5) is 0 Å².